The second-order valence-corrected chi connectivity index (χ2v) is 9.30. The molecule has 2 unspecified atom stereocenters. The number of imidazole rings is 1. The largest absolute Gasteiger partial charge is 0.348 e. The van der Waals surface area contributed by atoms with Gasteiger partial charge in [0.05, 0.1) is 10.5 Å². The molecule has 1 N–H and O–H groups in total. The number of piperidine rings is 1. The number of nitrogens with one attached hydrogen (secondary N) is 1. The predicted molar refractivity (Wildman–Crippen MR) is 103 cm³/mol. The number of sulfonamides is 1. The number of carbonyl (C=O) groups excluding carboxylic acids is 1. The Bertz CT molecular complexity index is 1150. The van der Waals surface area contributed by atoms with E-state index in [1.165, 1.54) is 0 Å². The van der Waals surface area contributed by atoms with E-state index in [0.717, 1.165) is 24.1 Å². The molecule has 1 amide bonds. The highest BCUT2D eigenvalue weighted by atomic mass is 32.2. The third-order valence-electron chi connectivity index (χ3n) is 5.61. The molecule has 2 aromatic heterocycles. The molecule has 7 nitrogen and oxygen atoms in total. The first kappa shape index (κ1) is 17.4. The average molecular weight is 396 g/mol. The standard InChI is InChI=1S/C20H20N4O3S/c25-20(16-3-6-19-21-8-10-23(19)13-16)22-12-14-1-4-17(5-2-14)28(26,27)24-9-7-15-11-18(15)24/h1-6,8,10,13,15,18H,7,9,11-12H2,(H,22,25). The van der Waals surface area contributed by atoms with Gasteiger partial charge in [0.15, 0.2) is 0 Å². The van der Waals surface area contributed by atoms with Crippen molar-refractivity contribution in [2.75, 3.05) is 6.54 Å². The van der Waals surface area contributed by atoms with E-state index in [-0.39, 0.29) is 11.9 Å². The Hall–Kier alpha value is -2.71. The van der Waals surface area contributed by atoms with Gasteiger partial charge in [0.1, 0.15) is 5.65 Å². The van der Waals surface area contributed by atoms with Gasteiger partial charge in [-0.2, -0.15) is 4.31 Å². The van der Waals surface area contributed by atoms with Crippen LogP contribution in [0, 0.1) is 5.92 Å². The van der Waals surface area contributed by atoms with Crippen molar-refractivity contribution in [1.29, 1.82) is 0 Å². The van der Waals surface area contributed by atoms with Crippen molar-refractivity contribution in [3.05, 3.63) is 66.1 Å². The predicted octanol–water partition coefficient (Wildman–Crippen LogP) is 2.05. The zero-order valence-electron chi connectivity index (χ0n) is 15.2. The number of aromatic nitrogens is 2. The van der Waals surface area contributed by atoms with Crippen LogP contribution in [-0.2, 0) is 16.6 Å². The Balaban J connectivity index is 1.25. The van der Waals surface area contributed by atoms with Gasteiger partial charge >= 0.3 is 0 Å². The van der Waals surface area contributed by atoms with E-state index >= 15 is 0 Å². The molecule has 0 radical (unpaired) electrons. The monoisotopic (exact) mass is 396 g/mol. The molecule has 2 aliphatic rings. The van der Waals surface area contributed by atoms with E-state index in [4.69, 9.17) is 0 Å². The molecule has 144 valence electrons. The third-order valence-corrected chi connectivity index (χ3v) is 7.55. The minimum absolute atomic E-state index is 0.191. The molecule has 8 heteroatoms. The molecule has 5 rings (SSSR count). The number of hydrogen-bond donors (Lipinski definition) is 1. The van der Waals surface area contributed by atoms with Crippen LogP contribution >= 0.6 is 0 Å². The number of pyridine rings is 1. The maximum atomic E-state index is 12.8. The highest BCUT2D eigenvalue weighted by Gasteiger charge is 2.51. The summed E-state index contributed by atoms with van der Waals surface area (Å²) in [6.45, 7) is 0.951. The molecule has 0 bridgehead atoms. The molecular formula is C20H20N4O3S. The Kier molecular flexibility index (Phi) is 3.99. The van der Waals surface area contributed by atoms with E-state index in [0.29, 0.717) is 29.5 Å². The zero-order chi connectivity index (χ0) is 19.3. The lowest BCUT2D eigenvalue weighted by Crippen LogP contribution is -2.31. The number of amides is 1. The van der Waals surface area contributed by atoms with Gasteiger partial charge in [-0.05, 0) is 48.6 Å². The Morgan fingerprint density at radius 2 is 2.00 bits per heavy atom. The van der Waals surface area contributed by atoms with Crippen LogP contribution in [0.2, 0.25) is 0 Å². The van der Waals surface area contributed by atoms with Gasteiger partial charge in [0.2, 0.25) is 10.0 Å². The van der Waals surface area contributed by atoms with Crippen LogP contribution in [0.1, 0.15) is 28.8 Å². The van der Waals surface area contributed by atoms with Crippen LogP contribution in [-0.4, -0.2) is 40.6 Å². The topological polar surface area (TPSA) is 83.8 Å². The SMILES string of the molecule is O=C(NCc1ccc(S(=O)(=O)N2CCC3CC32)cc1)c1ccc2nccn2c1. The lowest BCUT2D eigenvalue weighted by molar-refractivity contribution is 0.0950. The second-order valence-electron chi connectivity index (χ2n) is 7.40. The Labute approximate surface area is 163 Å². The molecule has 28 heavy (non-hydrogen) atoms. The summed E-state index contributed by atoms with van der Waals surface area (Å²) in [6.07, 6.45) is 7.16. The Morgan fingerprint density at radius 1 is 1.18 bits per heavy atom. The third kappa shape index (κ3) is 2.98. The van der Waals surface area contributed by atoms with Gasteiger partial charge in [0, 0.05) is 37.7 Å². The van der Waals surface area contributed by atoms with Crippen LogP contribution in [0.25, 0.3) is 5.65 Å². The van der Waals surface area contributed by atoms with E-state index < -0.39 is 10.0 Å². The Morgan fingerprint density at radius 3 is 2.71 bits per heavy atom. The van der Waals surface area contributed by atoms with E-state index in [1.54, 1.807) is 63.7 Å². The number of hydrogen-bond acceptors (Lipinski definition) is 4. The fourth-order valence-electron chi connectivity index (χ4n) is 3.91. The molecule has 1 saturated carbocycles. The van der Waals surface area contributed by atoms with Crippen LogP contribution < -0.4 is 5.32 Å². The molecule has 2 fully saturated rings. The van der Waals surface area contributed by atoms with Crippen LogP contribution in [0.15, 0.2) is 59.9 Å². The van der Waals surface area contributed by atoms with Gasteiger partial charge in [-0.1, -0.05) is 12.1 Å². The molecular weight excluding hydrogens is 376 g/mol. The maximum Gasteiger partial charge on any atom is 0.253 e. The maximum absolute atomic E-state index is 12.8. The van der Waals surface area contributed by atoms with Crippen LogP contribution in [0.3, 0.4) is 0 Å². The van der Waals surface area contributed by atoms with Crippen molar-refractivity contribution in [2.45, 2.75) is 30.3 Å². The molecule has 2 atom stereocenters. The van der Waals surface area contributed by atoms with Gasteiger partial charge in [0.25, 0.3) is 5.91 Å². The molecule has 1 saturated heterocycles. The fourth-order valence-corrected chi connectivity index (χ4v) is 5.62. The summed E-state index contributed by atoms with van der Waals surface area (Å²) < 4.78 is 29.0. The first-order chi connectivity index (χ1) is 13.5. The van der Waals surface area contributed by atoms with Gasteiger partial charge < -0.3 is 9.72 Å². The summed E-state index contributed by atoms with van der Waals surface area (Å²) >= 11 is 0. The molecule has 3 aromatic rings. The summed E-state index contributed by atoms with van der Waals surface area (Å²) in [5.41, 5.74) is 2.17. The van der Waals surface area contributed by atoms with Crippen molar-refractivity contribution in [3.8, 4) is 0 Å². The van der Waals surface area contributed by atoms with Gasteiger partial charge in [-0.15, -0.1) is 0 Å². The smallest absolute Gasteiger partial charge is 0.253 e. The number of carbonyl (C=O) groups is 1. The van der Waals surface area contributed by atoms with Gasteiger partial charge in [-0.25, -0.2) is 13.4 Å². The van der Waals surface area contributed by atoms with E-state index in [1.807, 2.05) is 0 Å². The van der Waals surface area contributed by atoms with E-state index in [2.05, 4.69) is 10.3 Å². The van der Waals surface area contributed by atoms with Crippen LogP contribution in [0.5, 0.6) is 0 Å². The number of rotatable bonds is 5. The van der Waals surface area contributed by atoms with E-state index in [9.17, 15) is 13.2 Å². The first-order valence-corrected chi connectivity index (χ1v) is 10.8. The minimum atomic E-state index is -3.42. The minimum Gasteiger partial charge on any atom is -0.348 e. The second kappa shape index (κ2) is 6.42. The lowest BCUT2D eigenvalue weighted by Gasteiger charge is -2.18. The zero-order valence-corrected chi connectivity index (χ0v) is 16.0. The van der Waals surface area contributed by atoms with Crippen molar-refractivity contribution in [2.24, 2.45) is 5.92 Å². The highest BCUT2D eigenvalue weighted by molar-refractivity contribution is 7.89. The van der Waals surface area contributed by atoms with Crippen molar-refractivity contribution < 1.29 is 13.2 Å². The van der Waals surface area contributed by atoms with Gasteiger partial charge in [-0.3, -0.25) is 4.79 Å². The summed E-state index contributed by atoms with van der Waals surface area (Å²) in [6, 6.07) is 10.5. The van der Waals surface area contributed by atoms with Crippen molar-refractivity contribution in [3.63, 3.8) is 0 Å². The molecule has 1 aliphatic carbocycles. The number of fused-ring (bicyclic) bond motifs is 2. The summed E-state index contributed by atoms with van der Waals surface area (Å²) in [4.78, 5) is 16.9. The normalized spacial score (nSPS) is 21.6. The van der Waals surface area contributed by atoms with Crippen molar-refractivity contribution >= 4 is 21.6 Å². The molecule has 3 heterocycles. The number of benzene rings is 1. The first-order valence-electron chi connectivity index (χ1n) is 9.34. The average Bonchev–Trinajstić information content (AvgIpc) is 3.13. The highest BCUT2D eigenvalue weighted by Crippen LogP contribution is 2.46. The summed E-state index contributed by atoms with van der Waals surface area (Å²) in [5, 5.41) is 2.87. The molecule has 0 spiro atoms. The molecule has 1 aromatic carbocycles. The quantitative estimate of drug-likeness (QED) is 0.715. The van der Waals surface area contributed by atoms with Crippen molar-refractivity contribution in [1.82, 2.24) is 19.0 Å². The molecule has 1 aliphatic heterocycles. The number of nitrogens with zero attached hydrogens (tertiary/aromatic N) is 3. The van der Waals surface area contributed by atoms with Crippen LogP contribution in [0.4, 0.5) is 0 Å². The summed E-state index contributed by atoms with van der Waals surface area (Å²) in [5.74, 6) is 0.370. The summed E-state index contributed by atoms with van der Waals surface area (Å²) in [7, 11) is -3.42. The lowest BCUT2D eigenvalue weighted by atomic mass is 10.2. The fraction of sp³-hybridized carbons (Fsp3) is 0.300.